The first-order valence-electron chi connectivity index (χ1n) is 8.29. The number of aryl methyl sites for hydroxylation is 1. The van der Waals surface area contributed by atoms with E-state index in [2.05, 4.69) is 12.4 Å². The van der Waals surface area contributed by atoms with Crippen molar-refractivity contribution in [3.05, 3.63) is 23.8 Å². The third-order valence-electron chi connectivity index (χ3n) is 5.89. The molecule has 0 atom stereocenters. The molecule has 4 aliphatic rings. The van der Waals surface area contributed by atoms with E-state index in [4.69, 9.17) is 15.7 Å². The maximum atomic E-state index is 5.57. The average molecular weight is 271 g/mol. The molecule has 3 heteroatoms. The van der Waals surface area contributed by atoms with E-state index in [0.29, 0.717) is 5.41 Å². The smallest absolute Gasteiger partial charge is 0.134 e. The lowest BCUT2D eigenvalue weighted by molar-refractivity contribution is -0.00942. The second-order valence-electron chi connectivity index (χ2n) is 7.51. The molecular weight excluding hydrogens is 246 g/mol. The number of hydrogen-bond donors (Lipinski definition) is 1. The molecule has 4 fully saturated rings. The highest BCUT2D eigenvalue weighted by Crippen LogP contribution is 2.59. The molecule has 4 aliphatic carbocycles. The summed E-state index contributed by atoms with van der Waals surface area (Å²) in [4.78, 5) is 9.54. The van der Waals surface area contributed by atoms with Crippen molar-refractivity contribution in [1.29, 1.82) is 0 Å². The van der Waals surface area contributed by atoms with E-state index in [0.717, 1.165) is 43.0 Å². The van der Waals surface area contributed by atoms with Crippen LogP contribution in [-0.4, -0.2) is 16.5 Å². The Balaban J connectivity index is 1.57. The summed E-state index contributed by atoms with van der Waals surface area (Å²) in [6.45, 7) is 0.747. The van der Waals surface area contributed by atoms with E-state index in [-0.39, 0.29) is 0 Å². The standard InChI is InChI=1S/C17H25N3/c18-3-1-2-12-10-19-16(20-11-12)17-7-13-4-14(8-17)6-15(5-13)9-17/h10-11,13-15H,1-9,18H2. The van der Waals surface area contributed by atoms with Gasteiger partial charge in [-0.15, -0.1) is 0 Å². The van der Waals surface area contributed by atoms with Crippen LogP contribution in [0.15, 0.2) is 12.4 Å². The number of hydrogen-bond acceptors (Lipinski definition) is 3. The van der Waals surface area contributed by atoms with Crippen molar-refractivity contribution in [2.45, 2.75) is 56.8 Å². The fraction of sp³-hybridized carbons (Fsp3) is 0.765. The maximum Gasteiger partial charge on any atom is 0.134 e. The number of aromatic nitrogens is 2. The lowest BCUT2D eigenvalue weighted by Crippen LogP contribution is -2.49. The highest BCUT2D eigenvalue weighted by Gasteiger charge is 2.52. The van der Waals surface area contributed by atoms with Crippen LogP contribution in [0, 0.1) is 17.8 Å². The fourth-order valence-electron chi connectivity index (χ4n) is 5.45. The van der Waals surface area contributed by atoms with E-state index < -0.39 is 0 Å². The molecule has 0 saturated heterocycles. The number of nitrogens with two attached hydrogens (primary N) is 1. The van der Waals surface area contributed by atoms with Gasteiger partial charge in [0, 0.05) is 17.8 Å². The molecule has 4 bridgehead atoms. The van der Waals surface area contributed by atoms with E-state index >= 15 is 0 Å². The Bertz CT molecular complexity index is 444. The zero-order valence-electron chi connectivity index (χ0n) is 12.2. The molecule has 108 valence electrons. The van der Waals surface area contributed by atoms with Crippen LogP contribution in [0.1, 0.15) is 56.3 Å². The second-order valence-corrected chi connectivity index (χ2v) is 7.51. The molecule has 0 aliphatic heterocycles. The van der Waals surface area contributed by atoms with Crippen molar-refractivity contribution in [3.8, 4) is 0 Å². The van der Waals surface area contributed by atoms with E-state index in [1.807, 2.05) is 0 Å². The predicted octanol–water partition coefficient (Wildman–Crippen LogP) is 2.84. The van der Waals surface area contributed by atoms with Crippen LogP contribution in [0.5, 0.6) is 0 Å². The third-order valence-corrected chi connectivity index (χ3v) is 5.89. The maximum absolute atomic E-state index is 5.57. The molecule has 0 unspecified atom stereocenters. The van der Waals surface area contributed by atoms with Gasteiger partial charge in [-0.05, 0) is 81.2 Å². The summed E-state index contributed by atoms with van der Waals surface area (Å²) in [5.41, 5.74) is 7.14. The fourth-order valence-corrected chi connectivity index (χ4v) is 5.45. The van der Waals surface area contributed by atoms with Crippen LogP contribution in [0.4, 0.5) is 0 Å². The normalized spacial score (nSPS) is 38.4. The Kier molecular flexibility index (Phi) is 3.06. The first-order chi connectivity index (χ1) is 9.77. The Morgan fingerprint density at radius 3 is 2.05 bits per heavy atom. The van der Waals surface area contributed by atoms with Gasteiger partial charge in [0.25, 0.3) is 0 Å². The first-order valence-corrected chi connectivity index (χ1v) is 8.29. The average Bonchev–Trinajstić information content (AvgIpc) is 2.44. The summed E-state index contributed by atoms with van der Waals surface area (Å²) in [5.74, 6) is 4.03. The molecule has 3 nitrogen and oxygen atoms in total. The molecule has 1 aromatic heterocycles. The van der Waals surface area contributed by atoms with Crippen molar-refractivity contribution >= 4 is 0 Å². The topological polar surface area (TPSA) is 51.8 Å². The van der Waals surface area contributed by atoms with Gasteiger partial charge in [-0.3, -0.25) is 0 Å². The molecule has 2 N–H and O–H groups in total. The van der Waals surface area contributed by atoms with Crippen LogP contribution < -0.4 is 5.73 Å². The van der Waals surface area contributed by atoms with Gasteiger partial charge in [0.1, 0.15) is 5.82 Å². The predicted molar refractivity (Wildman–Crippen MR) is 79.3 cm³/mol. The minimum atomic E-state index is 0.334. The molecule has 0 aromatic carbocycles. The summed E-state index contributed by atoms with van der Waals surface area (Å²) >= 11 is 0. The first kappa shape index (κ1) is 12.8. The van der Waals surface area contributed by atoms with Crippen LogP contribution in [-0.2, 0) is 11.8 Å². The van der Waals surface area contributed by atoms with E-state index in [1.54, 1.807) is 0 Å². The van der Waals surface area contributed by atoms with Crippen LogP contribution >= 0.6 is 0 Å². The van der Waals surface area contributed by atoms with Gasteiger partial charge in [-0.2, -0.15) is 0 Å². The van der Waals surface area contributed by atoms with Crippen LogP contribution in [0.25, 0.3) is 0 Å². The number of rotatable bonds is 4. The second kappa shape index (κ2) is 4.80. The third kappa shape index (κ3) is 2.07. The van der Waals surface area contributed by atoms with Gasteiger partial charge >= 0.3 is 0 Å². The zero-order valence-corrected chi connectivity index (χ0v) is 12.2. The largest absolute Gasteiger partial charge is 0.330 e. The molecule has 1 aromatic rings. The lowest BCUT2D eigenvalue weighted by atomic mass is 9.49. The SMILES string of the molecule is NCCCc1cnc(C23CC4CC(CC(C4)C2)C3)nc1. The molecular formula is C17H25N3. The Labute approximate surface area is 121 Å². The quantitative estimate of drug-likeness (QED) is 0.916. The van der Waals surface area contributed by atoms with Crippen molar-refractivity contribution in [2.24, 2.45) is 23.5 Å². The molecule has 0 amide bonds. The molecule has 0 radical (unpaired) electrons. The zero-order chi connectivity index (χ0) is 13.6. The molecule has 20 heavy (non-hydrogen) atoms. The summed E-state index contributed by atoms with van der Waals surface area (Å²) in [5, 5.41) is 0. The summed E-state index contributed by atoms with van der Waals surface area (Å²) in [7, 11) is 0. The summed E-state index contributed by atoms with van der Waals surface area (Å²) in [6, 6.07) is 0. The van der Waals surface area contributed by atoms with Crippen molar-refractivity contribution in [2.75, 3.05) is 6.54 Å². The summed E-state index contributed by atoms with van der Waals surface area (Å²) in [6.07, 6.45) is 14.6. The summed E-state index contributed by atoms with van der Waals surface area (Å²) < 4.78 is 0. The van der Waals surface area contributed by atoms with Crippen molar-refractivity contribution in [3.63, 3.8) is 0 Å². The molecule has 0 spiro atoms. The van der Waals surface area contributed by atoms with Crippen LogP contribution in [0.3, 0.4) is 0 Å². The molecule has 4 saturated carbocycles. The van der Waals surface area contributed by atoms with Gasteiger partial charge in [-0.1, -0.05) is 0 Å². The Morgan fingerprint density at radius 1 is 1.00 bits per heavy atom. The van der Waals surface area contributed by atoms with Gasteiger partial charge in [0.2, 0.25) is 0 Å². The highest BCUT2D eigenvalue weighted by molar-refractivity contribution is 5.18. The van der Waals surface area contributed by atoms with Crippen molar-refractivity contribution in [1.82, 2.24) is 9.97 Å². The number of nitrogens with zero attached hydrogens (tertiary/aromatic N) is 2. The lowest BCUT2D eigenvalue weighted by Gasteiger charge is -2.55. The van der Waals surface area contributed by atoms with E-state index in [9.17, 15) is 0 Å². The minimum Gasteiger partial charge on any atom is -0.330 e. The van der Waals surface area contributed by atoms with E-state index in [1.165, 1.54) is 44.1 Å². The monoisotopic (exact) mass is 271 g/mol. The molecule has 1 heterocycles. The van der Waals surface area contributed by atoms with Gasteiger partial charge < -0.3 is 5.73 Å². The van der Waals surface area contributed by atoms with Crippen LogP contribution in [0.2, 0.25) is 0 Å². The van der Waals surface area contributed by atoms with Gasteiger partial charge in [0.05, 0.1) is 0 Å². The Morgan fingerprint density at radius 2 is 1.55 bits per heavy atom. The minimum absolute atomic E-state index is 0.334. The molecule has 5 rings (SSSR count). The van der Waals surface area contributed by atoms with Crippen molar-refractivity contribution < 1.29 is 0 Å². The van der Waals surface area contributed by atoms with Gasteiger partial charge in [0.15, 0.2) is 0 Å². The Hall–Kier alpha value is -0.960. The van der Waals surface area contributed by atoms with Gasteiger partial charge in [-0.25, -0.2) is 9.97 Å². The highest BCUT2D eigenvalue weighted by atomic mass is 14.9.